The lowest BCUT2D eigenvalue weighted by Crippen LogP contribution is -2.36. The van der Waals surface area contributed by atoms with Crippen LogP contribution < -0.4 is 0 Å². The predicted octanol–water partition coefficient (Wildman–Crippen LogP) is 5.27. The zero-order valence-electron chi connectivity index (χ0n) is 11.6. The number of ether oxygens (including phenoxy) is 1. The van der Waals surface area contributed by atoms with Crippen molar-refractivity contribution in [3.05, 3.63) is 70.7 Å². The number of rotatable bonds is 7. The smallest absolute Gasteiger partial charge is 0.0717 e. The van der Waals surface area contributed by atoms with Crippen LogP contribution in [0.5, 0.6) is 0 Å². The minimum atomic E-state index is -0.476. The van der Waals surface area contributed by atoms with Gasteiger partial charge < -0.3 is 4.74 Å². The molecule has 0 aromatic heterocycles. The number of hydrogen-bond acceptors (Lipinski definition) is 1. The second-order valence-corrected chi connectivity index (χ2v) is 5.95. The molecule has 0 bridgehead atoms. The van der Waals surface area contributed by atoms with Crippen LogP contribution in [0.25, 0.3) is 0 Å². The highest BCUT2D eigenvalue weighted by Crippen LogP contribution is 2.33. The Balaban J connectivity index is 2.10. The molecule has 2 aromatic carbocycles. The largest absolute Gasteiger partial charge is 0.376 e. The summed E-state index contributed by atoms with van der Waals surface area (Å²) in [6.07, 6.45) is 0. The SMILES string of the molecule is ClCC(CCl)(COCc1ccccc1)c1ccccc1Cl. The molecular formula is C17H17Cl3O. The first kappa shape index (κ1) is 16.6. The van der Waals surface area contributed by atoms with Crippen LogP contribution in [0.4, 0.5) is 0 Å². The maximum Gasteiger partial charge on any atom is 0.0717 e. The minimum absolute atomic E-state index is 0.356. The summed E-state index contributed by atoms with van der Waals surface area (Å²) in [4.78, 5) is 0. The number of alkyl halides is 2. The molecule has 112 valence electrons. The molecule has 0 unspecified atom stereocenters. The molecule has 0 radical (unpaired) electrons. The van der Waals surface area contributed by atoms with Crippen molar-refractivity contribution in [1.29, 1.82) is 0 Å². The monoisotopic (exact) mass is 342 g/mol. The minimum Gasteiger partial charge on any atom is -0.376 e. The maximum atomic E-state index is 6.29. The second kappa shape index (κ2) is 8.05. The zero-order valence-corrected chi connectivity index (χ0v) is 13.8. The van der Waals surface area contributed by atoms with Gasteiger partial charge in [-0.3, -0.25) is 0 Å². The Morgan fingerprint density at radius 3 is 2.10 bits per heavy atom. The van der Waals surface area contributed by atoms with Gasteiger partial charge in [0.15, 0.2) is 0 Å². The van der Waals surface area contributed by atoms with Crippen molar-refractivity contribution in [2.24, 2.45) is 0 Å². The van der Waals surface area contributed by atoms with Gasteiger partial charge in [-0.2, -0.15) is 0 Å². The van der Waals surface area contributed by atoms with E-state index in [0.717, 1.165) is 11.1 Å². The van der Waals surface area contributed by atoms with Gasteiger partial charge >= 0.3 is 0 Å². The van der Waals surface area contributed by atoms with E-state index in [0.29, 0.717) is 30.0 Å². The lowest BCUT2D eigenvalue weighted by atomic mass is 9.85. The molecule has 0 aliphatic carbocycles. The lowest BCUT2D eigenvalue weighted by Gasteiger charge is -2.30. The van der Waals surface area contributed by atoms with E-state index in [1.165, 1.54) is 0 Å². The molecule has 0 saturated carbocycles. The summed E-state index contributed by atoms with van der Waals surface area (Å²) >= 11 is 18.7. The molecule has 2 aromatic rings. The second-order valence-electron chi connectivity index (χ2n) is 5.01. The summed E-state index contributed by atoms with van der Waals surface area (Å²) in [6, 6.07) is 17.6. The summed E-state index contributed by atoms with van der Waals surface area (Å²) < 4.78 is 5.85. The third-order valence-electron chi connectivity index (χ3n) is 3.45. The van der Waals surface area contributed by atoms with Crippen molar-refractivity contribution in [2.75, 3.05) is 18.4 Å². The van der Waals surface area contributed by atoms with E-state index >= 15 is 0 Å². The molecule has 0 saturated heterocycles. The molecule has 0 aliphatic heterocycles. The van der Waals surface area contributed by atoms with Crippen LogP contribution in [0.1, 0.15) is 11.1 Å². The first-order valence-electron chi connectivity index (χ1n) is 6.70. The molecule has 0 spiro atoms. The summed E-state index contributed by atoms with van der Waals surface area (Å²) in [5.41, 5.74) is 1.58. The third-order valence-corrected chi connectivity index (χ3v) is 4.80. The molecule has 0 heterocycles. The fourth-order valence-electron chi connectivity index (χ4n) is 2.16. The van der Waals surface area contributed by atoms with Gasteiger partial charge in [0.1, 0.15) is 0 Å². The van der Waals surface area contributed by atoms with Gasteiger partial charge in [-0.15, -0.1) is 23.2 Å². The first-order valence-corrected chi connectivity index (χ1v) is 8.15. The van der Waals surface area contributed by atoms with Crippen molar-refractivity contribution >= 4 is 34.8 Å². The number of halogens is 3. The normalized spacial score (nSPS) is 11.6. The van der Waals surface area contributed by atoms with E-state index in [1.807, 2.05) is 54.6 Å². The Labute approximate surface area is 140 Å². The van der Waals surface area contributed by atoms with E-state index in [1.54, 1.807) is 0 Å². The Bertz CT molecular complexity index is 553. The van der Waals surface area contributed by atoms with Crippen molar-refractivity contribution < 1.29 is 4.74 Å². The van der Waals surface area contributed by atoms with Crippen LogP contribution in [0.3, 0.4) is 0 Å². The average molecular weight is 344 g/mol. The molecule has 0 fully saturated rings. The summed E-state index contributed by atoms with van der Waals surface area (Å²) in [6.45, 7) is 0.958. The highest BCUT2D eigenvalue weighted by Gasteiger charge is 2.33. The van der Waals surface area contributed by atoms with Crippen LogP contribution in [-0.4, -0.2) is 18.4 Å². The van der Waals surface area contributed by atoms with Crippen molar-refractivity contribution in [3.63, 3.8) is 0 Å². The molecule has 0 aliphatic rings. The van der Waals surface area contributed by atoms with Gasteiger partial charge in [0, 0.05) is 22.2 Å². The van der Waals surface area contributed by atoms with E-state index in [-0.39, 0.29) is 0 Å². The van der Waals surface area contributed by atoms with Crippen molar-refractivity contribution in [3.8, 4) is 0 Å². The van der Waals surface area contributed by atoms with E-state index in [2.05, 4.69) is 0 Å². The van der Waals surface area contributed by atoms with E-state index < -0.39 is 5.41 Å². The van der Waals surface area contributed by atoms with Crippen LogP contribution in [0.2, 0.25) is 5.02 Å². The highest BCUT2D eigenvalue weighted by atomic mass is 35.5. The Morgan fingerprint density at radius 2 is 1.48 bits per heavy atom. The molecular weight excluding hydrogens is 327 g/mol. The fraction of sp³-hybridized carbons (Fsp3) is 0.294. The predicted molar refractivity (Wildman–Crippen MR) is 90.7 cm³/mol. The fourth-order valence-corrected chi connectivity index (χ4v) is 3.23. The van der Waals surface area contributed by atoms with Gasteiger partial charge in [-0.1, -0.05) is 60.1 Å². The molecule has 0 N–H and O–H groups in total. The van der Waals surface area contributed by atoms with Gasteiger partial charge in [-0.05, 0) is 17.2 Å². The lowest BCUT2D eigenvalue weighted by molar-refractivity contribution is 0.0847. The third kappa shape index (κ3) is 4.14. The van der Waals surface area contributed by atoms with Gasteiger partial charge in [0.25, 0.3) is 0 Å². The Hall–Kier alpha value is -0.730. The van der Waals surface area contributed by atoms with Crippen LogP contribution >= 0.6 is 34.8 Å². The van der Waals surface area contributed by atoms with Gasteiger partial charge in [0.2, 0.25) is 0 Å². The molecule has 4 heteroatoms. The molecule has 1 nitrogen and oxygen atoms in total. The molecule has 2 rings (SSSR count). The maximum absolute atomic E-state index is 6.29. The zero-order chi connectivity index (χ0) is 15.1. The van der Waals surface area contributed by atoms with E-state index in [9.17, 15) is 0 Å². The summed E-state index contributed by atoms with van der Waals surface area (Å²) in [5.74, 6) is 0.712. The average Bonchev–Trinajstić information content (AvgIpc) is 2.54. The number of benzene rings is 2. The highest BCUT2D eigenvalue weighted by molar-refractivity contribution is 6.32. The van der Waals surface area contributed by atoms with Crippen molar-refractivity contribution in [2.45, 2.75) is 12.0 Å². The molecule has 21 heavy (non-hydrogen) atoms. The molecule has 0 atom stereocenters. The van der Waals surface area contributed by atoms with Gasteiger partial charge in [0.05, 0.1) is 13.2 Å². The molecule has 0 amide bonds. The van der Waals surface area contributed by atoms with Gasteiger partial charge in [-0.25, -0.2) is 0 Å². The standard InChI is InChI=1S/C17H17Cl3O/c18-11-17(12-19,15-8-4-5-9-16(15)20)13-21-10-14-6-2-1-3-7-14/h1-9H,10-13H2. The van der Waals surface area contributed by atoms with Crippen LogP contribution in [-0.2, 0) is 16.8 Å². The quantitative estimate of drug-likeness (QED) is 0.622. The van der Waals surface area contributed by atoms with Crippen molar-refractivity contribution in [1.82, 2.24) is 0 Å². The topological polar surface area (TPSA) is 9.23 Å². The Morgan fingerprint density at radius 1 is 0.857 bits per heavy atom. The summed E-state index contributed by atoms with van der Waals surface area (Å²) in [7, 11) is 0. The number of hydrogen-bond donors (Lipinski definition) is 0. The van der Waals surface area contributed by atoms with E-state index in [4.69, 9.17) is 39.5 Å². The van der Waals surface area contributed by atoms with Crippen LogP contribution in [0.15, 0.2) is 54.6 Å². The van der Waals surface area contributed by atoms with Crippen LogP contribution in [0, 0.1) is 0 Å². The summed E-state index contributed by atoms with van der Waals surface area (Å²) in [5, 5.41) is 0.669. The Kier molecular flexibility index (Phi) is 6.38. The first-order chi connectivity index (χ1) is 10.2.